The van der Waals surface area contributed by atoms with Gasteiger partial charge in [-0.1, -0.05) is 74.2 Å². The number of aromatic nitrogens is 2. The molecule has 45 heavy (non-hydrogen) atoms. The molecule has 5 rings (SSSR count). The van der Waals surface area contributed by atoms with Crippen LogP contribution in [0.1, 0.15) is 33.3 Å². The molecule has 1 fully saturated rings. The van der Waals surface area contributed by atoms with Crippen LogP contribution in [-0.4, -0.2) is 45.5 Å². The molecule has 3 aromatic carbocycles. The Kier molecular flexibility index (Phi) is 10.4. The second kappa shape index (κ2) is 13.9. The minimum absolute atomic E-state index is 0. The van der Waals surface area contributed by atoms with Crippen LogP contribution in [-0.2, 0) is 35.7 Å². The topological polar surface area (TPSA) is 158 Å². The summed E-state index contributed by atoms with van der Waals surface area (Å²) in [4.78, 5) is 38.6. The predicted molar refractivity (Wildman–Crippen MR) is 164 cm³/mol. The number of rotatable bonds is 11. The molecule has 0 bridgehead atoms. The highest BCUT2D eigenvalue weighted by Crippen LogP contribution is 2.48. The molecule has 5 atom stereocenters. The van der Waals surface area contributed by atoms with Crippen LogP contribution in [0.15, 0.2) is 88.6 Å². The molecule has 240 valence electrons. The number of ether oxygens (including phenoxy) is 2. The van der Waals surface area contributed by atoms with Crippen LogP contribution < -0.4 is 20.9 Å². The monoisotopic (exact) mass is 643 g/mol. The van der Waals surface area contributed by atoms with Gasteiger partial charge < -0.3 is 19.1 Å². The third-order valence-corrected chi connectivity index (χ3v) is 8.77. The van der Waals surface area contributed by atoms with Gasteiger partial charge in [-0.15, -0.1) is 0 Å². The molecule has 1 aliphatic rings. The van der Waals surface area contributed by atoms with Crippen LogP contribution in [0.4, 0.5) is 4.39 Å². The van der Waals surface area contributed by atoms with Gasteiger partial charge in [0.05, 0.1) is 18.9 Å². The molecule has 0 amide bonds. The standard InChI is InChI=1S/C30H31FN3O9P.CH4/c1-19(28(37)40-17-20-9-4-3-5-10-20)33-44(39,43-25-14-8-12-21-11-6-7-13-22(21)25)41-18-26-24(35)15-30(2,42-26)34-16-23(31)27(36)32-29(34)38;/h3-14,16,19,24,26,35H,15,17-18H2,1-2H3,(H,33,39)(H,32,36,38);1H4/t19-,24?,26+,30+,44?;/m0./s1. The van der Waals surface area contributed by atoms with Crippen molar-refractivity contribution in [1.29, 1.82) is 0 Å². The zero-order valence-electron chi connectivity index (χ0n) is 23.8. The number of esters is 1. The molecule has 2 unspecified atom stereocenters. The number of hydrogen-bond donors (Lipinski definition) is 3. The fourth-order valence-electron chi connectivity index (χ4n) is 4.88. The molecular formula is C31H35FN3O9P. The van der Waals surface area contributed by atoms with Gasteiger partial charge in [0.25, 0.3) is 5.56 Å². The van der Waals surface area contributed by atoms with Crippen LogP contribution in [0.5, 0.6) is 5.75 Å². The van der Waals surface area contributed by atoms with Crippen molar-refractivity contribution in [2.24, 2.45) is 0 Å². The summed E-state index contributed by atoms with van der Waals surface area (Å²) in [6, 6.07) is 20.2. The van der Waals surface area contributed by atoms with Gasteiger partial charge in [-0.3, -0.25) is 23.7 Å². The van der Waals surface area contributed by atoms with Gasteiger partial charge in [0, 0.05) is 11.8 Å². The summed E-state index contributed by atoms with van der Waals surface area (Å²) in [5.74, 6) is -1.73. The van der Waals surface area contributed by atoms with Crippen LogP contribution >= 0.6 is 7.75 Å². The summed E-state index contributed by atoms with van der Waals surface area (Å²) in [5.41, 5.74) is -2.95. The number of carbonyl (C=O) groups excluding carboxylic acids is 1. The van der Waals surface area contributed by atoms with Crippen molar-refractivity contribution in [2.45, 2.75) is 58.3 Å². The quantitative estimate of drug-likeness (QED) is 0.160. The molecule has 2 heterocycles. The van der Waals surface area contributed by atoms with E-state index in [4.69, 9.17) is 18.5 Å². The summed E-state index contributed by atoms with van der Waals surface area (Å²) < 4.78 is 51.9. The van der Waals surface area contributed by atoms with Crippen molar-refractivity contribution in [3.05, 3.63) is 111 Å². The molecule has 4 aromatic rings. The fraction of sp³-hybridized carbons (Fsp3) is 0.323. The molecule has 12 nitrogen and oxygen atoms in total. The van der Waals surface area contributed by atoms with Gasteiger partial charge in [0.1, 0.15) is 30.2 Å². The van der Waals surface area contributed by atoms with Crippen LogP contribution in [0.2, 0.25) is 0 Å². The molecule has 14 heteroatoms. The minimum Gasteiger partial charge on any atom is -0.460 e. The van der Waals surface area contributed by atoms with E-state index in [0.717, 1.165) is 15.5 Å². The number of carbonyl (C=O) groups is 1. The lowest BCUT2D eigenvalue weighted by atomic mass is 10.1. The fourth-order valence-corrected chi connectivity index (χ4v) is 6.40. The summed E-state index contributed by atoms with van der Waals surface area (Å²) in [6.45, 7) is 2.33. The summed E-state index contributed by atoms with van der Waals surface area (Å²) in [5, 5.41) is 14.8. The number of aromatic amines is 1. The van der Waals surface area contributed by atoms with E-state index in [2.05, 4.69) is 5.09 Å². The third-order valence-electron chi connectivity index (χ3n) is 7.14. The molecule has 0 aliphatic carbocycles. The van der Waals surface area contributed by atoms with Crippen molar-refractivity contribution in [2.75, 3.05) is 6.61 Å². The van der Waals surface area contributed by atoms with Gasteiger partial charge >= 0.3 is 19.4 Å². The minimum atomic E-state index is -4.39. The number of H-pyrrole nitrogens is 1. The van der Waals surface area contributed by atoms with E-state index in [1.807, 2.05) is 29.2 Å². The Balaban J connectivity index is 0.00000461. The second-order valence-electron chi connectivity index (χ2n) is 10.5. The van der Waals surface area contributed by atoms with Gasteiger partial charge in [-0.25, -0.2) is 9.36 Å². The molecule has 1 aromatic heterocycles. The van der Waals surface area contributed by atoms with Crippen LogP contribution in [0.3, 0.4) is 0 Å². The first-order valence-electron chi connectivity index (χ1n) is 13.7. The Morgan fingerprint density at radius 1 is 1.16 bits per heavy atom. The van der Waals surface area contributed by atoms with Crippen molar-refractivity contribution >= 4 is 24.5 Å². The van der Waals surface area contributed by atoms with Gasteiger partial charge in [0.2, 0.25) is 5.82 Å². The molecule has 0 radical (unpaired) electrons. The number of hydrogen-bond acceptors (Lipinski definition) is 9. The number of aliphatic hydroxyl groups excluding tert-OH is 1. The lowest BCUT2D eigenvalue weighted by Crippen LogP contribution is -2.43. The first-order valence-corrected chi connectivity index (χ1v) is 15.3. The van der Waals surface area contributed by atoms with E-state index in [1.165, 1.54) is 13.8 Å². The Morgan fingerprint density at radius 2 is 1.84 bits per heavy atom. The highest BCUT2D eigenvalue weighted by atomic mass is 31.2. The Bertz CT molecular complexity index is 1810. The Morgan fingerprint density at radius 3 is 2.60 bits per heavy atom. The highest BCUT2D eigenvalue weighted by Gasteiger charge is 2.46. The maximum Gasteiger partial charge on any atom is 0.459 e. The number of benzene rings is 3. The average molecular weight is 644 g/mol. The smallest absolute Gasteiger partial charge is 0.459 e. The molecule has 0 spiro atoms. The van der Waals surface area contributed by atoms with E-state index < -0.39 is 61.4 Å². The number of nitrogens with zero attached hydrogens (tertiary/aromatic N) is 1. The average Bonchev–Trinajstić information content (AvgIpc) is 3.31. The first kappa shape index (κ1) is 33.8. The SMILES string of the molecule is C.C[C@H](NP(=O)(OC[C@H]1O[C@@](C)(n2cc(F)c(=O)[nH]c2=O)CC1O)Oc1cccc2ccccc12)C(=O)OCc1ccccc1. The zero-order chi connectivity index (χ0) is 31.5. The number of fused-ring (bicyclic) bond motifs is 1. The number of nitrogens with one attached hydrogen (secondary N) is 2. The maximum atomic E-state index is 14.2. The van der Waals surface area contributed by atoms with Crippen molar-refractivity contribution in [3.8, 4) is 5.75 Å². The van der Waals surface area contributed by atoms with E-state index in [-0.39, 0.29) is 26.2 Å². The second-order valence-corrected chi connectivity index (χ2v) is 12.2. The predicted octanol–water partition coefficient (Wildman–Crippen LogP) is 4.21. The molecular weight excluding hydrogens is 608 g/mol. The van der Waals surface area contributed by atoms with E-state index in [0.29, 0.717) is 11.6 Å². The third kappa shape index (κ3) is 7.75. The summed E-state index contributed by atoms with van der Waals surface area (Å²) >= 11 is 0. The van der Waals surface area contributed by atoms with Gasteiger partial charge in [-0.2, -0.15) is 9.48 Å². The molecule has 1 saturated heterocycles. The lowest BCUT2D eigenvalue weighted by Gasteiger charge is -2.27. The molecule has 1 aliphatic heterocycles. The summed E-state index contributed by atoms with van der Waals surface area (Å²) in [6.07, 6.45) is -1.90. The first-order chi connectivity index (χ1) is 21.0. The van der Waals surface area contributed by atoms with E-state index in [1.54, 1.807) is 48.5 Å². The van der Waals surface area contributed by atoms with Gasteiger partial charge in [0.15, 0.2) is 0 Å². The van der Waals surface area contributed by atoms with Crippen LogP contribution in [0.25, 0.3) is 10.8 Å². The lowest BCUT2D eigenvalue weighted by molar-refractivity contribution is -0.146. The van der Waals surface area contributed by atoms with E-state index >= 15 is 0 Å². The number of aliphatic hydroxyl groups is 1. The van der Waals surface area contributed by atoms with Crippen molar-refractivity contribution in [3.63, 3.8) is 0 Å². The summed E-state index contributed by atoms with van der Waals surface area (Å²) in [7, 11) is -4.39. The zero-order valence-corrected chi connectivity index (χ0v) is 24.7. The normalized spacial score (nSPS) is 21.4. The number of halogens is 1. The largest absolute Gasteiger partial charge is 0.460 e. The van der Waals surface area contributed by atoms with Crippen molar-refractivity contribution < 1.29 is 37.4 Å². The van der Waals surface area contributed by atoms with E-state index in [9.17, 15) is 28.4 Å². The van der Waals surface area contributed by atoms with Crippen molar-refractivity contribution in [1.82, 2.24) is 14.6 Å². The Hall–Kier alpha value is -4.13. The van der Waals surface area contributed by atoms with Gasteiger partial charge in [-0.05, 0) is 30.9 Å². The molecule has 3 N–H and O–H groups in total. The molecule has 0 saturated carbocycles. The maximum absolute atomic E-state index is 14.2. The Labute approximate surface area is 258 Å². The van der Waals surface area contributed by atoms with Crippen LogP contribution in [0, 0.1) is 5.82 Å². The highest BCUT2D eigenvalue weighted by molar-refractivity contribution is 7.52.